The Bertz CT molecular complexity index is 389. The van der Waals surface area contributed by atoms with Gasteiger partial charge in [0.1, 0.15) is 6.04 Å². The van der Waals surface area contributed by atoms with Crippen LogP contribution < -0.4 is 10.6 Å². The topological polar surface area (TPSA) is 98.7 Å². The van der Waals surface area contributed by atoms with E-state index in [0.717, 1.165) is 0 Å². The molecule has 7 nitrogen and oxygen atoms in total. The fourth-order valence-corrected chi connectivity index (χ4v) is 1.94. The number of carbonyl (C=O) groups is 3. The van der Waals surface area contributed by atoms with Gasteiger partial charge in [0.15, 0.2) is 0 Å². The monoisotopic (exact) mass is 271 g/mol. The van der Waals surface area contributed by atoms with Crippen molar-refractivity contribution in [3.8, 4) is 0 Å². The summed E-state index contributed by atoms with van der Waals surface area (Å²) in [7, 11) is 0. The molecule has 0 radical (unpaired) electrons. The molecule has 3 N–H and O–H groups in total. The second kappa shape index (κ2) is 5.46. The summed E-state index contributed by atoms with van der Waals surface area (Å²) in [6, 6.07) is -1.81. The van der Waals surface area contributed by atoms with Crippen molar-refractivity contribution in [3.63, 3.8) is 0 Å². The zero-order chi connectivity index (χ0) is 14.8. The van der Waals surface area contributed by atoms with Crippen LogP contribution in [-0.2, 0) is 9.59 Å². The van der Waals surface area contributed by atoms with E-state index >= 15 is 0 Å². The van der Waals surface area contributed by atoms with Crippen LogP contribution in [0.4, 0.5) is 4.79 Å². The number of carbonyl (C=O) groups excluding carboxylic acids is 2. The number of carboxylic acid groups (broad SMARTS) is 1. The van der Waals surface area contributed by atoms with Crippen LogP contribution in [0.15, 0.2) is 0 Å². The van der Waals surface area contributed by atoms with E-state index in [1.54, 1.807) is 4.90 Å². The van der Waals surface area contributed by atoms with E-state index in [0.29, 0.717) is 6.54 Å². The van der Waals surface area contributed by atoms with Gasteiger partial charge in [-0.15, -0.1) is 0 Å². The van der Waals surface area contributed by atoms with Gasteiger partial charge in [0.2, 0.25) is 5.91 Å². The summed E-state index contributed by atoms with van der Waals surface area (Å²) in [6.45, 7) is 7.61. The molecule has 0 spiro atoms. The number of hydrogen-bond donors (Lipinski definition) is 3. The van der Waals surface area contributed by atoms with E-state index < -0.39 is 18.0 Å². The molecule has 0 aliphatic carbocycles. The van der Waals surface area contributed by atoms with Gasteiger partial charge in [-0.05, 0) is 27.7 Å². The van der Waals surface area contributed by atoms with Gasteiger partial charge < -0.3 is 20.6 Å². The first kappa shape index (κ1) is 15.3. The molecule has 0 saturated carbocycles. The Kier molecular flexibility index (Phi) is 4.39. The zero-order valence-electron chi connectivity index (χ0n) is 11.7. The summed E-state index contributed by atoms with van der Waals surface area (Å²) in [6.07, 6.45) is 0.242. The number of urea groups is 1. The molecule has 7 heteroatoms. The van der Waals surface area contributed by atoms with Crippen molar-refractivity contribution in [1.82, 2.24) is 15.5 Å². The summed E-state index contributed by atoms with van der Waals surface area (Å²) in [5, 5.41) is 13.6. The van der Waals surface area contributed by atoms with Gasteiger partial charge in [0.25, 0.3) is 0 Å². The fourth-order valence-electron chi connectivity index (χ4n) is 1.94. The highest BCUT2D eigenvalue weighted by Gasteiger charge is 2.36. The normalized spacial score (nSPS) is 21.2. The van der Waals surface area contributed by atoms with Crippen molar-refractivity contribution in [2.75, 3.05) is 6.54 Å². The molecule has 1 aliphatic rings. The quantitative estimate of drug-likeness (QED) is 0.681. The van der Waals surface area contributed by atoms with Gasteiger partial charge in [0.05, 0.1) is 6.04 Å². The highest BCUT2D eigenvalue weighted by molar-refractivity contribution is 5.84. The first-order valence-corrected chi connectivity index (χ1v) is 6.21. The molecule has 3 amide bonds. The number of rotatable bonds is 3. The van der Waals surface area contributed by atoms with E-state index in [1.807, 2.05) is 20.8 Å². The van der Waals surface area contributed by atoms with Gasteiger partial charge in [-0.25, -0.2) is 4.79 Å². The van der Waals surface area contributed by atoms with Crippen molar-refractivity contribution >= 4 is 17.9 Å². The predicted molar refractivity (Wildman–Crippen MR) is 68.6 cm³/mol. The Morgan fingerprint density at radius 2 is 2.00 bits per heavy atom. The van der Waals surface area contributed by atoms with Crippen LogP contribution in [0, 0.1) is 0 Å². The minimum Gasteiger partial charge on any atom is -0.480 e. The average Bonchev–Trinajstić information content (AvgIpc) is 2.58. The number of aliphatic carboxylic acids is 1. The van der Waals surface area contributed by atoms with Crippen LogP contribution in [0.5, 0.6) is 0 Å². The van der Waals surface area contributed by atoms with Crippen LogP contribution in [-0.4, -0.2) is 52.1 Å². The maximum absolute atomic E-state index is 11.8. The second-order valence-electron chi connectivity index (χ2n) is 5.75. The maximum Gasteiger partial charge on any atom is 0.325 e. The molecule has 2 atom stereocenters. The lowest BCUT2D eigenvalue weighted by Crippen LogP contribution is -2.49. The summed E-state index contributed by atoms with van der Waals surface area (Å²) in [5.41, 5.74) is -0.279. The van der Waals surface area contributed by atoms with Crippen LogP contribution in [0.2, 0.25) is 0 Å². The number of hydrogen-bond acceptors (Lipinski definition) is 3. The van der Waals surface area contributed by atoms with Crippen LogP contribution in [0.3, 0.4) is 0 Å². The third-order valence-electron chi connectivity index (χ3n) is 2.99. The number of nitrogens with one attached hydrogen (secondary N) is 2. The Morgan fingerprint density at radius 1 is 1.42 bits per heavy atom. The third-order valence-corrected chi connectivity index (χ3v) is 2.99. The van der Waals surface area contributed by atoms with Gasteiger partial charge in [0, 0.05) is 18.5 Å². The smallest absolute Gasteiger partial charge is 0.325 e. The molecule has 1 aliphatic heterocycles. The Hall–Kier alpha value is -1.79. The zero-order valence-corrected chi connectivity index (χ0v) is 11.7. The number of carboxylic acids is 1. The van der Waals surface area contributed by atoms with Gasteiger partial charge >= 0.3 is 12.0 Å². The van der Waals surface area contributed by atoms with Crippen molar-refractivity contribution in [3.05, 3.63) is 0 Å². The van der Waals surface area contributed by atoms with Gasteiger partial charge in [-0.2, -0.15) is 0 Å². The van der Waals surface area contributed by atoms with Crippen molar-refractivity contribution < 1.29 is 19.5 Å². The van der Waals surface area contributed by atoms with E-state index in [2.05, 4.69) is 10.6 Å². The van der Waals surface area contributed by atoms with Crippen molar-refractivity contribution in [2.45, 2.75) is 51.7 Å². The van der Waals surface area contributed by atoms with Crippen molar-refractivity contribution in [1.29, 1.82) is 0 Å². The Labute approximate surface area is 112 Å². The highest BCUT2D eigenvalue weighted by Crippen LogP contribution is 2.21. The van der Waals surface area contributed by atoms with Gasteiger partial charge in [-0.3, -0.25) is 9.59 Å². The Balaban J connectivity index is 2.50. The standard InChI is InChI=1S/C12H21N3O4/c1-7(10(17)18)13-11(19)14-8-5-9(16)15(6-8)12(2,3)4/h7-8H,5-6H2,1-4H3,(H,17,18)(H2,13,14,19). The molecule has 1 saturated heterocycles. The van der Waals surface area contributed by atoms with E-state index in [4.69, 9.17) is 5.11 Å². The molecule has 19 heavy (non-hydrogen) atoms. The lowest BCUT2D eigenvalue weighted by molar-refractivity contribution is -0.138. The SMILES string of the molecule is CC(NC(=O)NC1CC(=O)N(C(C)(C)C)C1)C(=O)O. The van der Waals surface area contributed by atoms with Gasteiger partial charge in [-0.1, -0.05) is 0 Å². The molecule has 1 fully saturated rings. The first-order chi connectivity index (χ1) is 8.61. The summed E-state index contributed by atoms with van der Waals surface area (Å²) in [4.78, 5) is 35.7. The molecule has 0 aromatic rings. The van der Waals surface area contributed by atoms with Crippen LogP contribution >= 0.6 is 0 Å². The molecule has 0 bridgehead atoms. The molecule has 0 aromatic carbocycles. The summed E-state index contributed by atoms with van der Waals surface area (Å²) < 4.78 is 0. The molecule has 108 valence electrons. The number of likely N-dealkylation sites (tertiary alicyclic amines) is 1. The van der Waals surface area contributed by atoms with E-state index in [9.17, 15) is 14.4 Å². The minimum absolute atomic E-state index is 0.0101. The maximum atomic E-state index is 11.8. The van der Waals surface area contributed by atoms with Crippen molar-refractivity contribution in [2.24, 2.45) is 0 Å². The first-order valence-electron chi connectivity index (χ1n) is 6.21. The largest absolute Gasteiger partial charge is 0.480 e. The molecule has 0 aromatic heterocycles. The van der Waals surface area contributed by atoms with Crippen LogP contribution in [0.25, 0.3) is 0 Å². The number of amides is 3. The van der Waals surface area contributed by atoms with E-state index in [1.165, 1.54) is 6.92 Å². The molecular weight excluding hydrogens is 250 g/mol. The lowest BCUT2D eigenvalue weighted by atomic mass is 10.1. The summed E-state index contributed by atoms with van der Waals surface area (Å²) in [5.74, 6) is -1.11. The molecule has 1 heterocycles. The highest BCUT2D eigenvalue weighted by atomic mass is 16.4. The number of nitrogens with zero attached hydrogens (tertiary/aromatic N) is 1. The molecule has 1 rings (SSSR count). The minimum atomic E-state index is -1.10. The van der Waals surface area contributed by atoms with Crippen LogP contribution in [0.1, 0.15) is 34.1 Å². The summed E-state index contributed by atoms with van der Waals surface area (Å²) >= 11 is 0. The van der Waals surface area contributed by atoms with E-state index in [-0.39, 0.29) is 23.9 Å². The average molecular weight is 271 g/mol. The third kappa shape index (κ3) is 4.11. The second-order valence-corrected chi connectivity index (χ2v) is 5.75. The fraction of sp³-hybridized carbons (Fsp3) is 0.750. The molecular formula is C12H21N3O4. The Morgan fingerprint density at radius 3 is 2.42 bits per heavy atom. The lowest BCUT2D eigenvalue weighted by Gasteiger charge is -2.32. The predicted octanol–water partition coefficient (Wildman–Crippen LogP) is 0.158. The molecule has 2 unspecified atom stereocenters.